The Labute approximate surface area is 94.5 Å². The van der Waals surface area contributed by atoms with Crippen LogP contribution in [0.4, 0.5) is 0 Å². The predicted molar refractivity (Wildman–Crippen MR) is 58.3 cm³/mol. The van der Waals surface area contributed by atoms with Crippen molar-refractivity contribution < 1.29 is 19.5 Å². The number of oxime groups is 1. The Morgan fingerprint density at radius 1 is 1.31 bits per heavy atom. The summed E-state index contributed by atoms with van der Waals surface area (Å²) in [5.41, 5.74) is -0.530. The van der Waals surface area contributed by atoms with Crippen LogP contribution < -0.4 is 0 Å². The molecule has 0 aromatic heterocycles. The molecule has 5 nitrogen and oxygen atoms in total. The molecule has 0 unspecified atom stereocenters. The normalized spacial score (nSPS) is 26.2. The first-order valence-corrected chi connectivity index (χ1v) is 5.50. The van der Waals surface area contributed by atoms with Crippen molar-refractivity contribution in [1.82, 2.24) is 0 Å². The highest BCUT2D eigenvalue weighted by atomic mass is 16.6. The Hall–Kier alpha value is -1.39. The average molecular weight is 227 g/mol. The van der Waals surface area contributed by atoms with Gasteiger partial charge in [0.2, 0.25) is 5.71 Å². The monoisotopic (exact) mass is 227 g/mol. The van der Waals surface area contributed by atoms with E-state index < -0.39 is 17.5 Å². The van der Waals surface area contributed by atoms with Gasteiger partial charge >= 0.3 is 5.97 Å². The zero-order valence-electron chi connectivity index (χ0n) is 9.60. The molecule has 16 heavy (non-hydrogen) atoms. The zero-order chi connectivity index (χ0) is 12.1. The Kier molecular flexibility index (Phi) is 4.46. The third-order valence-corrected chi connectivity index (χ3v) is 2.85. The minimum atomic E-state index is -1.34. The molecule has 0 radical (unpaired) electrons. The smallest absolute Gasteiger partial charge is 0.361 e. The Morgan fingerprint density at radius 3 is 2.44 bits per heavy atom. The van der Waals surface area contributed by atoms with Crippen molar-refractivity contribution in [2.45, 2.75) is 45.6 Å². The SMILES string of the molecule is CC(=O)/C(=N/O[C@@H]1CCCC[C@@H]1C)C(=O)O. The van der Waals surface area contributed by atoms with Gasteiger partial charge in [-0.3, -0.25) is 4.79 Å². The van der Waals surface area contributed by atoms with Crippen LogP contribution in [-0.2, 0) is 14.4 Å². The molecule has 1 fully saturated rings. The Bertz CT molecular complexity index is 295. The third kappa shape index (κ3) is 3.32. The number of carbonyl (C=O) groups is 2. The minimum Gasteiger partial charge on any atom is -0.476 e. The van der Waals surface area contributed by atoms with E-state index in [1.54, 1.807) is 0 Å². The molecule has 0 saturated heterocycles. The molecule has 1 aliphatic carbocycles. The fourth-order valence-corrected chi connectivity index (χ4v) is 1.81. The van der Waals surface area contributed by atoms with Crippen molar-refractivity contribution in [1.29, 1.82) is 0 Å². The summed E-state index contributed by atoms with van der Waals surface area (Å²) < 4.78 is 0. The fraction of sp³-hybridized carbons (Fsp3) is 0.727. The standard InChI is InChI=1S/C11H17NO4/c1-7-5-3-4-6-9(7)16-12-10(8(2)13)11(14)15/h7,9H,3-6H2,1-2H3,(H,14,15)/b12-10-/t7-,9+/m0/s1. The number of carboxylic acids is 1. The van der Waals surface area contributed by atoms with Crippen LogP contribution in [-0.4, -0.2) is 28.7 Å². The van der Waals surface area contributed by atoms with Gasteiger partial charge in [-0.05, 0) is 25.2 Å². The van der Waals surface area contributed by atoms with Gasteiger partial charge in [-0.1, -0.05) is 18.5 Å². The van der Waals surface area contributed by atoms with Crippen molar-refractivity contribution >= 4 is 17.5 Å². The van der Waals surface area contributed by atoms with Gasteiger partial charge in [0.05, 0.1) is 0 Å². The average Bonchev–Trinajstić information content (AvgIpc) is 2.20. The summed E-state index contributed by atoms with van der Waals surface area (Å²) >= 11 is 0. The largest absolute Gasteiger partial charge is 0.476 e. The summed E-state index contributed by atoms with van der Waals surface area (Å²) in [6.07, 6.45) is 4.09. The molecular weight excluding hydrogens is 210 g/mol. The summed E-state index contributed by atoms with van der Waals surface area (Å²) in [6, 6.07) is 0. The van der Waals surface area contributed by atoms with Crippen molar-refractivity contribution in [3.05, 3.63) is 0 Å². The van der Waals surface area contributed by atoms with E-state index in [-0.39, 0.29) is 6.10 Å². The van der Waals surface area contributed by atoms with Gasteiger partial charge in [-0.2, -0.15) is 0 Å². The topological polar surface area (TPSA) is 76.0 Å². The van der Waals surface area contributed by atoms with Gasteiger partial charge in [0.25, 0.3) is 0 Å². The Balaban J connectivity index is 2.61. The van der Waals surface area contributed by atoms with E-state index in [4.69, 9.17) is 9.94 Å². The van der Waals surface area contributed by atoms with E-state index >= 15 is 0 Å². The van der Waals surface area contributed by atoms with Crippen LogP contribution >= 0.6 is 0 Å². The van der Waals surface area contributed by atoms with Crippen molar-refractivity contribution in [2.75, 3.05) is 0 Å². The first kappa shape index (κ1) is 12.7. The van der Waals surface area contributed by atoms with E-state index in [2.05, 4.69) is 5.16 Å². The molecule has 1 N–H and O–H groups in total. The molecule has 1 aliphatic rings. The summed E-state index contributed by atoms with van der Waals surface area (Å²) in [5, 5.41) is 12.2. The van der Waals surface area contributed by atoms with E-state index in [1.165, 1.54) is 13.3 Å². The number of Topliss-reactive ketones (excluding diaryl/α,β-unsaturated/α-hetero) is 1. The maximum Gasteiger partial charge on any atom is 0.361 e. The third-order valence-electron chi connectivity index (χ3n) is 2.85. The van der Waals surface area contributed by atoms with Crippen molar-refractivity contribution in [3.63, 3.8) is 0 Å². The molecule has 0 aliphatic heterocycles. The number of hydrogen-bond acceptors (Lipinski definition) is 4. The molecular formula is C11H17NO4. The number of hydrogen-bond donors (Lipinski definition) is 1. The number of carbonyl (C=O) groups excluding carboxylic acids is 1. The fourth-order valence-electron chi connectivity index (χ4n) is 1.81. The van der Waals surface area contributed by atoms with Gasteiger partial charge < -0.3 is 9.94 Å². The minimum absolute atomic E-state index is 0.0672. The molecule has 5 heteroatoms. The van der Waals surface area contributed by atoms with E-state index in [0.717, 1.165) is 19.3 Å². The first-order valence-electron chi connectivity index (χ1n) is 5.50. The van der Waals surface area contributed by atoms with Crippen LogP contribution in [0.1, 0.15) is 39.5 Å². The van der Waals surface area contributed by atoms with Crippen LogP contribution in [0, 0.1) is 5.92 Å². The predicted octanol–water partition coefficient (Wildman–Crippen LogP) is 1.61. The first-order chi connectivity index (χ1) is 7.52. The van der Waals surface area contributed by atoms with E-state index in [9.17, 15) is 9.59 Å². The van der Waals surface area contributed by atoms with Gasteiger partial charge in [0.15, 0.2) is 5.78 Å². The van der Waals surface area contributed by atoms with Crippen LogP contribution in [0.15, 0.2) is 5.16 Å². The van der Waals surface area contributed by atoms with Crippen LogP contribution in [0.25, 0.3) is 0 Å². The van der Waals surface area contributed by atoms with Crippen molar-refractivity contribution in [2.24, 2.45) is 11.1 Å². The second kappa shape index (κ2) is 5.63. The second-order valence-electron chi connectivity index (χ2n) is 4.21. The van der Waals surface area contributed by atoms with Gasteiger partial charge in [-0.15, -0.1) is 0 Å². The maximum absolute atomic E-state index is 10.9. The van der Waals surface area contributed by atoms with Crippen LogP contribution in [0.5, 0.6) is 0 Å². The van der Waals surface area contributed by atoms with Gasteiger partial charge in [0.1, 0.15) is 6.10 Å². The van der Waals surface area contributed by atoms with Crippen LogP contribution in [0.2, 0.25) is 0 Å². The summed E-state index contributed by atoms with van der Waals surface area (Å²) in [7, 11) is 0. The molecule has 90 valence electrons. The summed E-state index contributed by atoms with van der Waals surface area (Å²) in [4.78, 5) is 26.8. The van der Waals surface area contributed by atoms with E-state index in [1.807, 2.05) is 6.92 Å². The Morgan fingerprint density at radius 2 is 1.94 bits per heavy atom. The highest BCUT2D eigenvalue weighted by molar-refractivity contribution is 6.63. The molecule has 0 aromatic rings. The number of rotatable bonds is 4. The number of nitrogens with zero attached hydrogens (tertiary/aromatic N) is 1. The maximum atomic E-state index is 10.9. The lowest BCUT2D eigenvalue weighted by Gasteiger charge is -2.26. The highest BCUT2D eigenvalue weighted by Gasteiger charge is 2.24. The van der Waals surface area contributed by atoms with Crippen LogP contribution in [0.3, 0.4) is 0 Å². The lowest BCUT2D eigenvalue weighted by molar-refractivity contribution is -0.130. The quantitative estimate of drug-likeness (QED) is 0.449. The van der Waals surface area contributed by atoms with Gasteiger partial charge in [-0.25, -0.2) is 4.79 Å². The zero-order valence-corrected chi connectivity index (χ0v) is 9.60. The lowest BCUT2D eigenvalue weighted by atomic mass is 9.88. The molecule has 1 rings (SSSR count). The lowest BCUT2D eigenvalue weighted by Crippen LogP contribution is -2.27. The van der Waals surface area contributed by atoms with E-state index in [0.29, 0.717) is 5.92 Å². The highest BCUT2D eigenvalue weighted by Crippen LogP contribution is 2.26. The summed E-state index contributed by atoms with van der Waals surface area (Å²) in [6.45, 7) is 3.22. The molecule has 1 saturated carbocycles. The van der Waals surface area contributed by atoms with Gasteiger partial charge in [0, 0.05) is 6.92 Å². The van der Waals surface area contributed by atoms with Crippen molar-refractivity contribution in [3.8, 4) is 0 Å². The molecule has 0 heterocycles. The second-order valence-corrected chi connectivity index (χ2v) is 4.21. The summed E-state index contributed by atoms with van der Waals surface area (Å²) in [5.74, 6) is -1.56. The number of aliphatic carboxylic acids is 1. The number of ketones is 1. The molecule has 0 aromatic carbocycles. The molecule has 0 spiro atoms. The molecule has 0 bridgehead atoms. The number of carboxylic acid groups (broad SMARTS) is 1. The molecule has 0 amide bonds. The molecule has 2 atom stereocenters.